The zero-order valence-corrected chi connectivity index (χ0v) is 33.6. The number of rotatable bonds is 33. The summed E-state index contributed by atoms with van der Waals surface area (Å²) in [7, 11) is 0. The molecule has 1 aromatic carbocycles. The fourth-order valence-electron chi connectivity index (χ4n) is 5.81. The predicted molar refractivity (Wildman–Crippen MR) is 218 cm³/mol. The number of hydrogen-bond acceptors (Lipinski definition) is 15. The second-order valence-corrected chi connectivity index (χ2v) is 13.3. The molecule has 0 saturated heterocycles. The number of aromatic hydroxyl groups is 1. The number of anilines is 1. The summed E-state index contributed by atoms with van der Waals surface area (Å²) in [6.45, 7) is 5.55. The maximum absolute atomic E-state index is 12.4. The molecule has 0 fully saturated rings. The molecule has 0 aliphatic heterocycles. The number of nitrogen functional groups attached to an aromatic ring is 1. The standard InChI is InChI=1S/C41H57N7O11/c1-2-15-59-37(52)8-6-16-53-20-24-57-26-22-55-18-12-36(51)43-13-19-56-23-27-58-25-21-54-17-11-32(49)7-4-3-5-14-48-41-38(40(42)44-30-45-41)39(47-48)35-29-31-28-33(50)9-10-34(31)46-35/h1,9-10,28-30,46,50H,3-8,11-27H2,(H,43,51)(H2,42,44,45). The van der Waals surface area contributed by atoms with E-state index in [1.54, 1.807) is 12.1 Å². The van der Waals surface area contributed by atoms with E-state index in [4.69, 9.17) is 50.4 Å². The minimum Gasteiger partial charge on any atom is -0.508 e. The van der Waals surface area contributed by atoms with Crippen molar-refractivity contribution in [3.63, 3.8) is 0 Å². The van der Waals surface area contributed by atoms with E-state index in [0.717, 1.165) is 35.9 Å². The number of benzene rings is 1. The molecular weight excluding hydrogens is 766 g/mol. The number of carbonyl (C=O) groups excluding carboxylic acids is 3. The predicted octanol–water partition coefficient (Wildman–Crippen LogP) is 3.34. The Bertz CT molecular complexity index is 1910. The van der Waals surface area contributed by atoms with Gasteiger partial charge in [-0.1, -0.05) is 12.3 Å². The van der Waals surface area contributed by atoms with E-state index in [2.05, 4.69) is 26.2 Å². The van der Waals surface area contributed by atoms with Crippen LogP contribution in [0.5, 0.6) is 5.75 Å². The molecule has 5 N–H and O–H groups in total. The normalized spacial score (nSPS) is 11.3. The number of ether oxygens (including phenoxy) is 7. The lowest BCUT2D eigenvalue weighted by molar-refractivity contribution is -0.142. The quantitative estimate of drug-likeness (QED) is 0.0307. The third kappa shape index (κ3) is 17.7. The van der Waals surface area contributed by atoms with Gasteiger partial charge in [0.05, 0.1) is 83.8 Å². The van der Waals surface area contributed by atoms with E-state index in [0.29, 0.717) is 128 Å². The van der Waals surface area contributed by atoms with Gasteiger partial charge in [-0.05, 0) is 43.5 Å². The van der Waals surface area contributed by atoms with Crippen LogP contribution in [0.2, 0.25) is 0 Å². The smallest absolute Gasteiger partial charge is 0.306 e. The van der Waals surface area contributed by atoms with Crippen molar-refractivity contribution in [1.82, 2.24) is 30.0 Å². The van der Waals surface area contributed by atoms with Crippen molar-refractivity contribution in [3.05, 3.63) is 30.6 Å². The Balaban J connectivity index is 0.900. The molecule has 0 atom stereocenters. The van der Waals surface area contributed by atoms with Crippen LogP contribution in [0.15, 0.2) is 30.6 Å². The van der Waals surface area contributed by atoms with Crippen LogP contribution in [0.1, 0.15) is 51.4 Å². The summed E-state index contributed by atoms with van der Waals surface area (Å²) in [4.78, 5) is 47.5. The zero-order valence-electron chi connectivity index (χ0n) is 33.6. The van der Waals surface area contributed by atoms with Gasteiger partial charge in [-0.3, -0.25) is 14.4 Å². The second kappa shape index (κ2) is 27.5. The number of nitrogens with two attached hydrogens (primary N) is 1. The molecule has 0 aliphatic carbocycles. The van der Waals surface area contributed by atoms with Gasteiger partial charge in [-0.25, -0.2) is 14.6 Å². The van der Waals surface area contributed by atoms with E-state index in [1.807, 2.05) is 16.8 Å². The van der Waals surface area contributed by atoms with E-state index >= 15 is 0 Å². The summed E-state index contributed by atoms with van der Waals surface area (Å²) >= 11 is 0. The summed E-state index contributed by atoms with van der Waals surface area (Å²) in [5.74, 6) is 2.46. The second-order valence-electron chi connectivity index (χ2n) is 13.3. The molecule has 59 heavy (non-hydrogen) atoms. The molecule has 0 unspecified atom stereocenters. The number of unbranched alkanes of at least 4 members (excludes halogenated alkanes) is 2. The number of phenols is 1. The van der Waals surface area contributed by atoms with Gasteiger partial charge >= 0.3 is 5.97 Å². The molecule has 18 nitrogen and oxygen atoms in total. The number of H-pyrrole nitrogens is 1. The molecule has 4 aromatic rings. The number of aromatic amines is 1. The Labute approximate surface area is 343 Å². The minimum absolute atomic E-state index is 0.0147. The molecule has 3 aromatic heterocycles. The lowest BCUT2D eigenvalue weighted by Gasteiger charge is -2.09. The van der Waals surface area contributed by atoms with E-state index in [1.165, 1.54) is 6.33 Å². The monoisotopic (exact) mass is 823 g/mol. The number of terminal acetylenes is 1. The number of nitrogens with one attached hydrogen (secondary N) is 2. The number of nitrogens with zero attached hydrogens (tertiary/aromatic N) is 4. The number of fused-ring (bicyclic) bond motifs is 2. The maximum atomic E-state index is 12.4. The third-order valence-electron chi connectivity index (χ3n) is 8.78. The maximum Gasteiger partial charge on any atom is 0.306 e. The Morgan fingerprint density at radius 1 is 0.780 bits per heavy atom. The average Bonchev–Trinajstić information content (AvgIpc) is 3.82. The van der Waals surface area contributed by atoms with Gasteiger partial charge in [0, 0.05) is 56.3 Å². The first-order valence-electron chi connectivity index (χ1n) is 20.0. The first-order valence-corrected chi connectivity index (χ1v) is 20.0. The Morgan fingerprint density at radius 2 is 1.46 bits per heavy atom. The van der Waals surface area contributed by atoms with Crippen LogP contribution in [-0.2, 0) is 54.1 Å². The molecule has 0 aliphatic rings. The van der Waals surface area contributed by atoms with Crippen molar-refractivity contribution < 1.29 is 52.6 Å². The third-order valence-corrected chi connectivity index (χ3v) is 8.78. The van der Waals surface area contributed by atoms with E-state index in [9.17, 15) is 19.5 Å². The number of amides is 1. The number of aryl methyl sites for hydroxylation is 1. The van der Waals surface area contributed by atoms with Crippen molar-refractivity contribution in [2.75, 3.05) is 98.2 Å². The Morgan fingerprint density at radius 3 is 2.19 bits per heavy atom. The number of hydrogen-bond donors (Lipinski definition) is 4. The Kier molecular flexibility index (Phi) is 21.7. The molecule has 0 saturated carbocycles. The number of esters is 1. The highest BCUT2D eigenvalue weighted by molar-refractivity contribution is 6.00. The largest absolute Gasteiger partial charge is 0.508 e. The summed E-state index contributed by atoms with van der Waals surface area (Å²) in [6.07, 6.45) is 10.8. The summed E-state index contributed by atoms with van der Waals surface area (Å²) < 4.78 is 39.3. The van der Waals surface area contributed by atoms with Crippen LogP contribution < -0.4 is 11.1 Å². The van der Waals surface area contributed by atoms with Crippen LogP contribution in [0.3, 0.4) is 0 Å². The Hall–Kier alpha value is -5.16. The highest BCUT2D eigenvalue weighted by atomic mass is 16.6. The molecule has 0 bridgehead atoms. The van der Waals surface area contributed by atoms with Crippen LogP contribution in [-0.4, -0.2) is 140 Å². The molecule has 18 heteroatoms. The van der Waals surface area contributed by atoms with Gasteiger partial charge in [0.15, 0.2) is 12.3 Å². The summed E-state index contributed by atoms with van der Waals surface area (Å²) in [5, 5.41) is 19.0. The van der Waals surface area contributed by atoms with Crippen LogP contribution in [0.4, 0.5) is 5.82 Å². The molecule has 0 radical (unpaired) electrons. The lowest BCUT2D eigenvalue weighted by atomic mass is 10.1. The van der Waals surface area contributed by atoms with Gasteiger partial charge in [0.1, 0.15) is 29.4 Å². The van der Waals surface area contributed by atoms with Crippen molar-refractivity contribution >= 4 is 45.4 Å². The molecule has 322 valence electrons. The molecule has 3 heterocycles. The molecule has 1 amide bonds. The van der Waals surface area contributed by atoms with Gasteiger partial charge in [0.25, 0.3) is 0 Å². The van der Waals surface area contributed by atoms with Gasteiger partial charge in [-0.2, -0.15) is 5.10 Å². The van der Waals surface area contributed by atoms with Gasteiger partial charge in [-0.15, -0.1) is 6.42 Å². The summed E-state index contributed by atoms with van der Waals surface area (Å²) in [5.41, 5.74) is 9.16. The SMILES string of the molecule is C#CCOC(=O)CCCOCCOCCOCCC(=O)NCCOCCOCCOCCC(=O)CCCCCn1nc(-c2cc3cc(O)ccc3[nH]2)c2c(N)ncnc21. The van der Waals surface area contributed by atoms with Gasteiger partial charge in [0.2, 0.25) is 5.91 Å². The summed E-state index contributed by atoms with van der Waals surface area (Å²) in [6, 6.07) is 7.03. The molecule has 0 spiro atoms. The first kappa shape index (κ1) is 46.5. The van der Waals surface area contributed by atoms with E-state index in [-0.39, 0.29) is 49.5 Å². The zero-order chi connectivity index (χ0) is 41.9. The fraction of sp³-hybridized carbons (Fsp3) is 0.561. The number of aromatic nitrogens is 5. The highest BCUT2D eigenvalue weighted by Gasteiger charge is 2.19. The van der Waals surface area contributed by atoms with Crippen molar-refractivity contribution in [1.29, 1.82) is 0 Å². The van der Waals surface area contributed by atoms with Crippen molar-refractivity contribution in [3.8, 4) is 29.5 Å². The first-order chi connectivity index (χ1) is 28.9. The lowest BCUT2D eigenvalue weighted by Crippen LogP contribution is -2.28. The van der Waals surface area contributed by atoms with Crippen LogP contribution in [0, 0.1) is 12.3 Å². The van der Waals surface area contributed by atoms with Crippen molar-refractivity contribution in [2.24, 2.45) is 0 Å². The number of ketones is 1. The van der Waals surface area contributed by atoms with Crippen molar-refractivity contribution in [2.45, 2.75) is 57.9 Å². The van der Waals surface area contributed by atoms with E-state index < -0.39 is 0 Å². The minimum atomic E-state index is -0.337. The molecule has 4 rings (SSSR count). The van der Waals surface area contributed by atoms with Crippen LogP contribution >= 0.6 is 0 Å². The topological polar surface area (TPSA) is 233 Å². The number of Topliss-reactive ketones (excluding diaryl/α,β-unsaturated/α-hetero) is 1. The fourth-order valence-corrected chi connectivity index (χ4v) is 5.81. The highest BCUT2D eigenvalue weighted by Crippen LogP contribution is 2.32. The van der Waals surface area contributed by atoms with Gasteiger partial charge < -0.3 is 54.3 Å². The number of carbonyl (C=O) groups is 3. The molecular formula is C41H57N7O11. The average molecular weight is 824 g/mol. The number of phenolic OH excluding ortho intramolecular Hbond substituents is 1. The van der Waals surface area contributed by atoms with Crippen LogP contribution in [0.25, 0.3) is 33.3 Å².